The highest BCUT2D eigenvalue weighted by Crippen LogP contribution is 2.29. The maximum Gasteiger partial charge on any atom is 0.270 e. The van der Waals surface area contributed by atoms with Crippen LogP contribution in [0.4, 0.5) is 11.5 Å². The van der Waals surface area contributed by atoms with Crippen LogP contribution in [-0.4, -0.2) is 21.9 Å². The summed E-state index contributed by atoms with van der Waals surface area (Å²) in [5, 5.41) is 13.9. The number of rotatable bonds is 4. The average Bonchev–Trinajstić information content (AvgIpc) is 2.47. The van der Waals surface area contributed by atoms with E-state index in [4.69, 9.17) is 0 Å². The number of non-ortho nitro benzene ring substituents is 1. The van der Waals surface area contributed by atoms with Gasteiger partial charge in [0.2, 0.25) is 0 Å². The van der Waals surface area contributed by atoms with Crippen LogP contribution in [-0.2, 0) is 0 Å². The molecule has 1 aromatic heterocycles. The minimum atomic E-state index is -0.418. The molecule has 1 aromatic carbocycles. The van der Waals surface area contributed by atoms with Crippen LogP contribution in [0.25, 0.3) is 11.4 Å². The van der Waals surface area contributed by atoms with Crippen molar-refractivity contribution < 1.29 is 4.92 Å². The highest BCUT2D eigenvalue weighted by Gasteiger charge is 2.16. The second-order valence-corrected chi connectivity index (χ2v) is 5.89. The summed E-state index contributed by atoms with van der Waals surface area (Å²) in [5.41, 5.74) is 1.60. The number of nitrogens with zero attached hydrogens (tertiary/aromatic N) is 3. The summed E-state index contributed by atoms with van der Waals surface area (Å²) in [6, 6.07) is 6.37. The molecule has 0 saturated heterocycles. The fourth-order valence-electron chi connectivity index (χ4n) is 1.90. The molecule has 0 aliphatic rings. The van der Waals surface area contributed by atoms with Crippen LogP contribution in [0.15, 0.2) is 24.3 Å². The van der Waals surface area contributed by atoms with Crippen molar-refractivity contribution in [2.24, 2.45) is 0 Å². The number of benzene rings is 1. The van der Waals surface area contributed by atoms with Crippen LogP contribution >= 0.6 is 22.6 Å². The van der Waals surface area contributed by atoms with Crippen molar-refractivity contribution in [1.29, 1.82) is 0 Å². The Morgan fingerprint density at radius 1 is 1.33 bits per heavy atom. The van der Waals surface area contributed by atoms with E-state index in [2.05, 4.69) is 51.7 Å². The molecular formula is C14H15IN4O2. The summed E-state index contributed by atoms with van der Waals surface area (Å²) in [6.45, 7) is 4.11. The first-order chi connectivity index (χ1) is 9.93. The van der Waals surface area contributed by atoms with Gasteiger partial charge in [-0.2, -0.15) is 0 Å². The molecule has 110 valence electrons. The van der Waals surface area contributed by atoms with Crippen LogP contribution < -0.4 is 5.32 Å². The van der Waals surface area contributed by atoms with Gasteiger partial charge in [-0.15, -0.1) is 0 Å². The lowest BCUT2D eigenvalue weighted by molar-refractivity contribution is -0.384. The van der Waals surface area contributed by atoms with Gasteiger partial charge in [-0.25, -0.2) is 9.97 Å². The molecule has 0 aliphatic carbocycles. The van der Waals surface area contributed by atoms with Gasteiger partial charge >= 0.3 is 0 Å². The largest absolute Gasteiger partial charge is 0.372 e. The van der Waals surface area contributed by atoms with Crippen LogP contribution in [0, 0.1) is 13.7 Å². The highest BCUT2D eigenvalue weighted by molar-refractivity contribution is 14.1. The summed E-state index contributed by atoms with van der Waals surface area (Å²) >= 11 is 2.21. The third-order valence-corrected chi connectivity index (χ3v) is 4.04. The van der Waals surface area contributed by atoms with E-state index < -0.39 is 4.92 Å². The molecule has 0 bridgehead atoms. The molecular weight excluding hydrogens is 383 g/mol. The molecule has 0 radical (unpaired) electrons. The molecule has 0 amide bonds. The zero-order valence-electron chi connectivity index (χ0n) is 11.9. The first-order valence-electron chi connectivity index (χ1n) is 6.44. The van der Waals surface area contributed by atoms with Gasteiger partial charge in [-0.1, -0.05) is 26.0 Å². The van der Waals surface area contributed by atoms with Gasteiger partial charge in [0, 0.05) is 24.7 Å². The Hall–Kier alpha value is -1.77. The summed E-state index contributed by atoms with van der Waals surface area (Å²) in [6.07, 6.45) is 0. The summed E-state index contributed by atoms with van der Waals surface area (Å²) in [4.78, 5) is 19.5. The maximum absolute atomic E-state index is 10.9. The van der Waals surface area contributed by atoms with Crippen LogP contribution in [0.5, 0.6) is 0 Å². The van der Waals surface area contributed by atoms with Crippen molar-refractivity contribution in [1.82, 2.24) is 9.97 Å². The van der Waals surface area contributed by atoms with E-state index in [0.29, 0.717) is 11.4 Å². The minimum Gasteiger partial charge on any atom is -0.372 e. The van der Waals surface area contributed by atoms with Crippen molar-refractivity contribution in [3.8, 4) is 11.4 Å². The van der Waals surface area contributed by atoms with E-state index >= 15 is 0 Å². The molecule has 6 nitrogen and oxygen atoms in total. The molecule has 21 heavy (non-hydrogen) atoms. The minimum absolute atomic E-state index is 0.0340. The molecule has 0 unspecified atom stereocenters. The van der Waals surface area contributed by atoms with E-state index in [-0.39, 0.29) is 11.6 Å². The zero-order chi connectivity index (χ0) is 15.6. The average molecular weight is 398 g/mol. The van der Waals surface area contributed by atoms with Gasteiger partial charge in [0.05, 0.1) is 14.2 Å². The standard InChI is InChI=1S/C14H15IN4O2/c1-8(2)12-11(15)14(16-3)18-13(17-12)9-5-4-6-10(7-9)19(20)21/h4-8H,1-3H3,(H,16,17,18). The Bertz CT molecular complexity index is 689. The van der Waals surface area contributed by atoms with E-state index in [1.807, 2.05) is 0 Å². The Balaban J connectivity index is 2.61. The van der Waals surface area contributed by atoms with Crippen LogP contribution in [0.1, 0.15) is 25.5 Å². The van der Waals surface area contributed by atoms with Gasteiger partial charge in [0.25, 0.3) is 5.69 Å². The molecule has 1 N–H and O–H groups in total. The molecule has 0 spiro atoms. The predicted molar refractivity (Wildman–Crippen MR) is 90.5 cm³/mol. The lowest BCUT2D eigenvalue weighted by Crippen LogP contribution is -2.06. The lowest BCUT2D eigenvalue weighted by atomic mass is 10.1. The number of nitro groups is 1. The Morgan fingerprint density at radius 2 is 2.05 bits per heavy atom. The van der Waals surface area contributed by atoms with E-state index in [9.17, 15) is 10.1 Å². The van der Waals surface area contributed by atoms with E-state index in [1.165, 1.54) is 12.1 Å². The molecule has 0 aliphatic heterocycles. The molecule has 1 heterocycles. The molecule has 7 heteroatoms. The third kappa shape index (κ3) is 3.29. The number of hydrogen-bond acceptors (Lipinski definition) is 5. The van der Waals surface area contributed by atoms with E-state index in [0.717, 1.165) is 15.1 Å². The molecule has 2 rings (SSSR count). The maximum atomic E-state index is 10.9. The molecule has 0 saturated carbocycles. The monoisotopic (exact) mass is 398 g/mol. The molecule has 2 aromatic rings. The van der Waals surface area contributed by atoms with E-state index in [1.54, 1.807) is 19.2 Å². The Labute approximate surface area is 136 Å². The number of aromatic nitrogens is 2. The third-order valence-electron chi connectivity index (χ3n) is 2.98. The number of halogens is 1. The van der Waals surface area contributed by atoms with Crippen molar-refractivity contribution in [3.05, 3.63) is 43.6 Å². The van der Waals surface area contributed by atoms with Crippen LogP contribution in [0.2, 0.25) is 0 Å². The predicted octanol–water partition coefficient (Wildman–Crippen LogP) is 3.82. The Kier molecular flexibility index (Phi) is 4.71. The van der Waals surface area contributed by atoms with Gasteiger partial charge in [-0.05, 0) is 28.5 Å². The first-order valence-corrected chi connectivity index (χ1v) is 7.52. The fourth-order valence-corrected chi connectivity index (χ4v) is 3.03. The van der Waals surface area contributed by atoms with Crippen molar-refractivity contribution in [3.63, 3.8) is 0 Å². The van der Waals surface area contributed by atoms with Crippen molar-refractivity contribution >= 4 is 34.1 Å². The second-order valence-electron chi connectivity index (χ2n) is 4.81. The van der Waals surface area contributed by atoms with Gasteiger partial charge in [0.15, 0.2) is 5.82 Å². The number of nitro benzene ring substituents is 1. The van der Waals surface area contributed by atoms with Gasteiger partial charge in [0.1, 0.15) is 5.82 Å². The Morgan fingerprint density at radius 3 is 2.62 bits per heavy atom. The summed E-state index contributed by atoms with van der Waals surface area (Å²) in [7, 11) is 1.80. The second kappa shape index (κ2) is 6.33. The topological polar surface area (TPSA) is 81.0 Å². The van der Waals surface area contributed by atoms with Crippen molar-refractivity contribution in [2.75, 3.05) is 12.4 Å². The van der Waals surface area contributed by atoms with Gasteiger partial charge in [-0.3, -0.25) is 10.1 Å². The summed E-state index contributed by atoms with van der Waals surface area (Å²) < 4.78 is 0.972. The quantitative estimate of drug-likeness (QED) is 0.481. The van der Waals surface area contributed by atoms with Crippen LogP contribution in [0.3, 0.4) is 0 Å². The SMILES string of the molecule is CNc1nc(-c2cccc([N+](=O)[O-])c2)nc(C(C)C)c1I. The number of anilines is 1. The normalized spacial score (nSPS) is 10.7. The zero-order valence-corrected chi connectivity index (χ0v) is 14.1. The molecule has 0 fully saturated rings. The van der Waals surface area contributed by atoms with Gasteiger partial charge < -0.3 is 5.32 Å². The lowest BCUT2D eigenvalue weighted by Gasteiger charge is -2.13. The van der Waals surface area contributed by atoms with Crippen molar-refractivity contribution in [2.45, 2.75) is 19.8 Å². The first kappa shape index (κ1) is 15.6. The fraction of sp³-hybridized carbons (Fsp3) is 0.286. The number of nitrogens with one attached hydrogen (secondary N) is 1. The smallest absolute Gasteiger partial charge is 0.270 e. The summed E-state index contributed by atoms with van der Waals surface area (Å²) in [5.74, 6) is 1.47. The highest BCUT2D eigenvalue weighted by atomic mass is 127. The number of hydrogen-bond donors (Lipinski definition) is 1. The molecule has 0 atom stereocenters.